The van der Waals surface area contributed by atoms with E-state index in [0.717, 1.165) is 0 Å². The van der Waals surface area contributed by atoms with Crippen molar-refractivity contribution in [1.29, 1.82) is 0 Å². The predicted molar refractivity (Wildman–Crippen MR) is 59.5 cm³/mol. The topological polar surface area (TPSA) is 95.2 Å². The molecule has 0 fully saturated rings. The first-order valence-electron chi connectivity index (χ1n) is 4.11. The predicted octanol–water partition coefficient (Wildman–Crippen LogP) is 1.83. The molecule has 0 bridgehead atoms. The molecule has 0 unspecified atom stereocenters. The van der Waals surface area contributed by atoms with Gasteiger partial charge in [0, 0.05) is 15.6 Å². The van der Waals surface area contributed by atoms with Crippen molar-refractivity contribution in [3.05, 3.63) is 22.8 Å². The van der Waals surface area contributed by atoms with Crippen LogP contribution in [0, 0.1) is 0 Å². The fourth-order valence-corrected chi connectivity index (χ4v) is 1.84. The van der Waals surface area contributed by atoms with Crippen molar-refractivity contribution in [2.75, 3.05) is 5.73 Å². The van der Waals surface area contributed by atoms with Gasteiger partial charge in [-0.2, -0.15) is 5.10 Å². The van der Waals surface area contributed by atoms with E-state index < -0.39 is 0 Å². The van der Waals surface area contributed by atoms with E-state index in [4.69, 9.17) is 5.73 Å². The standard InChI is InChI=1S/C9H8BrN3O2/c10-5-1-2-6(14)8(15)7(5)4-3-12-13-9(4)11/h1-3,14-15H,(H3,11,12,13). The number of nitrogens with two attached hydrogens (primary N) is 1. The Balaban J connectivity index is 2.72. The van der Waals surface area contributed by atoms with Gasteiger partial charge in [0.25, 0.3) is 0 Å². The highest BCUT2D eigenvalue weighted by Crippen LogP contribution is 2.42. The molecular formula is C9H8BrN3O2. The van der Waals surface area contributed by atoms with Crippen LogP contribution >= 0.6 is 15.9 Å². The maximum Gasteiger partial charge on any atom is 0.166 e. The van der Waals surface area contributed by atoms with Crippen molar-refractivity contribution in [2.24, 2.45) is 0 Å². The average Bonchev–Trinajstić information content (AvgIpc) is 2.60. The summed E-state index contributed by atoms with van der Waals surface area (Å²) in [6, 6.07) is 3.01. The first kappa shape index (κ1) is 9.85. The highest BCUT2D eigenvalue weighted by molar-refractivity contribution is 9.10. The maximum atomic E-state index is 9.70. The third-order valence-corrected chi connectivity index (χ3v) is 2.70. The van der Waals surface area contributed by atoms with Crippen molar-refractivity contribution >= 4 is 21.7 Å². The van der Waals surface area contributed by atoms with E-state index in [9.17, 15) is 10.2 Å². The molecule has 5 N–H and O–H groups in total. The molecule has 5 nitrogen and oxygen atoms in total. The van der Waals surface area contributed by atoms with Crippen molar-refractivity contribution in [2.45, 2.75) is 0 Å². The molecule has 0 aliphatic rings. The van der Waals surface area contributed by atoms with Gasteiger partial charge in [0.15, 0.2) is 11.5 Å². The number of halogens is 1. The van der Waals surface area contributed by atoms with Crippen LogP contribution in [-0.2, 0) is 0 Å². The molecule has 2 aromatic rings. The molecule has 1 aromatic heterocycles. The lowest BCUT2D eigenvalue weighted by Gasteiger charge is -2.07. The molecule has 0 atom stereocenters. The number of H-pyrrole nitrogens is 1. The van der Waals surface area contributed by atoms with Gasteiger partial charge in [0.05, 0.1) is 6.20 Å². The summed E-state index contributed by atoms with van der Waals surface area (Å²) in [7, 11) is 0. The number of aromatic nitrogens is 2. The van der Waals surface area contributed by atoms with E-state index in [0.29, 0.717) is 21.4 Å². The summed E-state index contributed by atoms with van der Waals surface area (Å²) >= 11 is 3.27. The van der Waals surface area contributed by atoms with Gasteiger partial charge in [-0.25, -0.2) is 0 Å². The number of benzene rings is 1. The van der Waals surface area contributed by atoms with Crippen molar-refractivity contribution in [3.63, 3.8) is 0 Å². The van der Waals surface area contributed by atoms with Crippen LogP contribution in [0.3, 0.4) is 0 Å². The second-order valence-electron chi connectivity index (χ2n) is 2.99. The zero-order valence-electron chi connectivity index (χ0n) is 7.53. The Kier molecular flexibility index (Phi) is 2.28. The molecular weight excluding hydrogens is 262 g/mol. The zero-order valence-corrected chi connectivity index (χ0v) is 9.12. The second kappa shape index (κ2) is 3.47. The average molecular weight is 270 g/mol. The number of phenols is 2. The third kappa shape index (κ3) is 1.52. The first-order valence-corrected chi connectivity index (χ1v) is 4.90. The Labute approximate surface area is 93.7 Å². The molecule has 6 heteroatoms. The van der Waals surface area contributed by atoms with Gasteiger partial charge in [0.1, 0.15) is 5.82 Å². The van der Waals surface area contributed by atoms with Crippen LogP contribution in [0.2, 0.25) is 0 Å². The van der Waals surface area contributed by atoms with E-state index in [-0.39, 0.29) is 11.5 Å². The van der Waals surface area contributed by atoms with Crippen LogP contribution in [-0.4, -0.2) is 20.4 Å². The van der Waals surface area contributed by atoms with E-state index in [2.05, 4.69) is 26.1 Å². The highest BCUT2D eigenvalue weighted by atomic mass is 79.9. The summed E-state index contributed by atoms with van der Waals surface area (Å²) in [5.41, 5.74) is 6.58. The molecule has 15 heavy (non-hydrogen) atoms. The number of phenolic OH excluding ortho intramolecular Hbond substituents is 2. The summed E-state index contributed by atoms with van der Waals surface area (Å²) in [4.78, 5) is 0. The number of hydrogen-bond donors (Lipinski definition) is 4. The Morgan fingerprint density at radius 1 is 1.33 bits per heavy atom. The van der Waals surface area contributed by atoms with Crippen molar-refractivity contribution in [1.82, 2.24) is 10.2 Å². The molecule has 2 rings (SSSR count). The normalized spacial score (nSPS) is 10.5. The minimum Gasteiger partial charge on any atom is -0.504 e. The van der Waals surface area contributed by atoms with Gasteiger partial charge in [-0.1, -0.05) is 15.9 Å². The fourth-order valence-electron chi connectivity index (χ4n) is 1.31. The van der Waals surface area contributed by atoms with Crippen LogP contribution < -0.4 is 5.73 Å². The van der Waals surface area contributed by atoms with Gasteiger partial charge >= 0.3 is 0 Å². The summed E-state index contributed by atoms with van der Waals surface area (Å²) in [6.45, 7) is 0. The van der Waals surface area contributed by atoms with Gasteiger partial charge < -0.3 is 15.9 Å². The lowest BCUT2D eigenvalue weighted by Crippen LogP contribution is -1.89. The number of rotatable bonds is 1. The number of nitrogen functional groups attached to an aromatic ring is 1. The number of anilines is 1. The Morgan fingerprint density at radius 2 is 2.07 bits per heavy atom. The molecule has 0 aliphatic carbocycles. The number of nitrogens with zero attached hydrogens (tertiary/aromatic N) is 1. The fraction of sp³-hybridized carbons (Fsp3) is 0. The summed E-state index contributed by atoms with van der Waals surface area (Å²) in [6.07, 6.45) is 1.48. The molecule has 78 valence electrons. The van der Waals surface area contributed by atoms with Gasteiger partial charge in [-0.3, -0.25) is 5.10 Å². The van der Waals surface area contributed by atoms with Crippen LogP contribution in [0.4, 0.5) is 5.82 Å². The van der Waals surface area contributed by atoms with E-state index >= 15 is 0 Å². The van der Waals surface area contributed by atoms with Gasteiger partial charge in [0.2, 0.25) is 0 Å². The minimum atomic E-state index is -0.225. The smallest absolute Gasteiger partial charge is 0.166 e. The third-order valence-electron chi connectivity index (χ3n) is 2.04. The monoisotopic (exact) mass is 269 g/mol. The lowest BCUT2D eigenvalue weighted by molar-refractivity contribution is 0.405. The van der Waals surface area contributed by atoms with Crippen LogP contribution in [0.25, 0.3) is 11.1 Å². The zero-order chi connectivity index (χ0) is 11.0. The SMILES string of the molecule is Nc1[nH]ncc1-c1c(Br)ccc(O)c1O. The second-order valence-corrected chi connectivity index (χ2v) is 3.84. The lowest BCUT2D eigenvalue weighted by atomic mass is 10.1. The van der Waals surface area contributed by atoms with Crippen molar-refractivity contribution < 1.29 is 10.2 Å². The van der Waals surface area contributed by atoms with Crippen LogP contribution in [0.15, 0.2) is 22.8 Å². The van der Waals surface area contributed by atoms with E-state index in [1.54, 1.807) is 6.07 Å². The maximum absolute atomic E-state index is 9.70. The molecule has 0 amide bonds. The van der Waals surface area contributed by atoms with Crippen LogP contribution in [0.5, 0.6) is 11.5 Å². The highest BCUT2D eigenvalue weighted by Gasteiger charge is 2.16. The number of nitrogens with one attached hydrogen (secondary N) is 1. The first-order chi connectivity index (χ1) is 7.11. The molecule has 1 aromatic carbocycles. The number of aromatic amines is 1. The minimum absolute atomic E-state index is 0.200. The molecule has 0 spiro atoms. The summed E-state index contributed by atoms with van der Waals surface area (Å²) < 4.78 is 0.630. The molecule has 0 aliphatic heterocycles. The number of hydrogen-bond acceptors (Lipinski definition) is 4. The molecule has 0 radical (unpaired) electrons. The molecule has 0 saturated heterocycles. The van der Waals surface area contributed by atoms with Gasteiger partial charge in [-0.05, 0) is 12.1 Å². The largest absolute Gasteiger partial charge is 0.504 e. The Hall–Kier alpha value is -1.69. The van der Waals surface area contributed by atoms with E-state index in [1.165, 1.54) is 12.3 Å². The van der Waals surface area contributed by atoms with Crippen LogP contribution in [0.1, 0.15) is 0 Å². The van der Waals surface area contributed by atoms with Crippen molar-refractivity contribution in [3.8, 4) is 22.6 Å². The summed E-state index contributed by atoms with van der Waals surface area (Å²) in [5, 5.41) is 25.4. The molecule has 0 saturated carbocycles. The van der Waals surface area contributed by atoms with Gasteiger partial charge in [-0.15, -0.1) is 0 Å². The quantitative estimate of drug-likeness (QED) is 0.594. The summed E-state index contributed by atoms with van der Waals surface area (Å²) in [5.74, 6) is -0.0946. The number of aromatic hydroxyl groups is 2. The Bertz CT molecular complexity index is 510. The van der Waals surface area contributed by atoms with E-state index in [1.807, 2.05) is 0 Å². The Morgan fingerprint density at radius 3 is 2.67 bits per heavy atom. The molecule has 1 heterocycles.